The van der Waals surface area contributed by atoms with Crippen molar-refractivity contribution in [2.24, 2.45) is 11.8 Å². The van der Waals surface area contributed by atoms with Crippen LogP contribution < -0.4 is 4.90 Å². The maximum atomic E-state index is 9.85. The smallest absolute Gasteiger partial charge is 0.0787 e. The van der Waals surface area contributed by atoms with Gasteiger partial charge in [0.1, 0.15) is 0 Å². The fraction of sp³-hybridized carbons (Fsp3) is 0.647. The summed E-state index contributed by atoms with van der Waals surface area (Å²) in [5.41, 5.74) is 2.31. The standard InChI is InChI=1S/C17H27NO/c1-5-17(19)15-6-8-16(9-7-15)18-11-12(2)10-13(3)14(18)4/h6-9,12-14,17,19H,5,10-11H2,1-4H3. The monoisotopic (exact) mass is 261 g/mol. The molecule has 106 valence electrons. The topological polar surface area (TPSA) is 23.5 Å². The Balaban J connectivity index is 2.16. The van der Waals surface area contributed by atoms with Crippen LogP contribution in [0.3, 0.4) is 0 Å². The van der Waals surface area contributed by atoms with Crippen molar-refractivity contribution in [1.29, 1.82) is 0 Å². The van der Waals surface area contributed by atoms with Gasteiger partial charge >= 0.3 is 0 Å². The minimum Gasteiger partial charge on any atom is -0.388 e. The van der Waals surface area contributed by atoms with E-state index in [1.807, 2.05) is 6.92 Å². The molecule has 0 amide bonds. The van der Waals surface area contributed by atoms with Crippen LogP contribution in [0, 0.1) is 11.8 Å². The molecule has 0 bridgehead atoms. The largest absolute Gasteiger partial charge is 0.388 e. The molecule has 19 heavy (non-hydrogen) atoms. The van der Waals surface area contributed by atoms with Crippen LogP contribution >= 0.6 is 0 Å². The van der Waals surface area contributed by atoms with Crippen LogP contribution in [0.15, 0.2) is 24.3 Å². The first-order valence-electron chi connectivity index (χ1n) is 7.57. The third-order valence-electron chi connectivity index (χ3n) is 4.59. The molecular formula is C17H27NO. The third-order valence-corrected chi connectivity index (χ3v) is 4.59. The fourth-order valence-corrected chi connectivity index (χ4v) is 3.18. The lowest BCUT2D eigenvalue weighted by atomic mass is 9.85. The van der Waals surface area contributed by atoms with E-state index in [-0.39, 0.29) is 6.10 Å². The number of benzene rings is 1. The van der Waals surface area contributed by atoms with Gasteiger partial charge in [-0.1, -0.05) is 32.9 Å². The summed E-state index contributed by atoms with van der Waals surface area (Å²) in [6.45, 7) is 10.2. The normalized spacial score (nSPS) is 29.3. The summed E-state index contributed by atoms with van der Waals surface area (Å²) in [6.07, 6.45) is 1.77. The van der Waals surface area contributed by atoms with Crippen molar-refractivity contribution in [3.8, 4) is 0 Å². The summed E-state index contributed by atoms with van der Waals surface area (Å²) < 4.78 is 0. The maximum Gasteiger partial charge on any atom is 0.0787 e. The van der Waals surface area contributed by atoms with Crippen molar-refractivity contribution < 1.29 is 5.11 Å². The van der Waals surface area contributed by atoms with Gasteiger partial charge in [0.2, 0.25) is 0 Å². The minimum atomic E-state index is -0.328. The average molecular weight is 261 g/mol. The second-order valence-corrected chi connectivity index (χ2v) is 6.23. The van der Waals surface area contributed by atoms with Crippen LogP contribution in [0.2, 0.25) is 0 Å². The highest BCUT2D eigenvalue weighted by atomic mass is 16.3. The lowest BCUT2D eigenvalue weighted by Gasteiger charge is -2.42. The van der Waals surface area contributed by atoms with Crippen molar-refractivity contribution in [1.82, 2.24) is 0 Å². The summed E-state index contributed by atoms with van der Waals surface area (Å²) in [7, 11) is 0. The fourth-order valence-electron chi connectivity index (χ4n) is 3.18. The molecule has 0 saturated carbocycles. The number of hydrogen-bond acceptors (Lipinski definition) is 2. The summed E-state index contributed by atoms with van der Waals surface area (Å²) >= 11 is 0. The molecule has 1 aromatic carbocycles. The van der Waals surface area contributed by atoms with Gasteiger partial charge < -0.3 is 10.0 Å². The van der Waals surface area contributed by atoms with Crippen LogP contribution in [0.5, 0.6) is 0 Å². The predicted molar refractivity (Wildman–Crippen MR) is 81.4 cm³/mol. The van der Waals surface area contributed by atoms with Gasteiger partial charge in [0, 0.05) is 18.3 Å². The Morgan fingerprint density at radius 2 is 1.84 bits per heavy atom. The summed E-state index contributed by atoms with van der Waals surface area (Å²) in [5.74, 6) is 1.50. The van der Waals surface area contributed by atoms with E-state index in [1.54, 1.807) is 0 Å². The van der Waals surface area contributed by atoms with Crippen LogP contribution in [-0.4, -0.2) is 17.7 Å². The Bertz CT molecular complexity index is 400. The molecule has 2 heteroatoms. The molecule has 4 atom stereocenters. The van der Waals surface area contributed by atoms with Gasteiger partial charge in [0.15, 0.2) is 0 Å². The molecule has 1 saturated heterocycles. The molecule has 1 heterocycles. The van der Waals surface area contributed by atoms with Crippen LogP contribution in [0.25, 0.3) is 0 Å². The van der Waals surface area contributed by atoms with Gasteiger partial charge in [-0.15, -0.1) is 0 Å². The Morgan fingerprint density at radius 3 is 2.42 bits per heavy atom. The number of piperidine rings is 1. The lowest BCUT2D eigenvalue weighted by molar-refractivity contribution is 0.173. The van der Waals surface area contributed by atoms with Gasteiger partial charge in [-0.3, -0.25) is 0 Å². The zero-order chi connectivity index (χ0) is 14.0. The van der Waals surface area contributed by atoms with Crippen LogP contribution in [-0.2, 0) is 0 Å². The molecule has 1 fully saturated rings. The highest BCUT2D eigenvalue weighted by Crippen LogP contribution is 2.31. The van der Waals surface area contributed by atoms with E-state index < -0.39 is 0 Å². The molecule has 1 aliphatic rings. The van der Waals surface area contributed by atoms with Crippen molar-refractivity contribution >= 4 is 5.69 Å². The highest BCUT2D eigenvalue weighted by molar-refractivity contribution is 5.49. The molecule has 0 radical (unpaired) electrons. The van der Waals surface area contributed by atoms with E-state index in [0.29, 0.717) is 6.04 Å². The number of aliphatic hydroxyl groups excluding tert-OH is 1. The zero-order valence-electron chi connectivity index (χ0n) is 12.6. The Hall–Kier alpha value is -1.02. The lowest BCUT2D eigenvalue weighted by Crippen LogP contribution is -2.45. The van der Waals surface area contributed by atoms with E-state index in [9.17, 15) is 5.11 Å². The molecule has 1 aliphatic heterocycles. The van der Waals surface area contributed by atoms with E-state index >= 15 is 0 Å². The average Bonchev–Trinajstić information content (AvgIpc) is 2.42. The number of aliphatic hydroxyl groups is 1. The van der Waals surface area contributed by atoms with Crippen LogP contribution in [0.4, 0.5) is 5.69 Å². The highest BCUT2D eigenvalue weighted by Gasteiger charge is 2.28. The summed E-state index contributed by atoms with van der Waals surface area (Å²) in [4.78, 5) is 2.51. The number of hydrogen-bond donors (Lipinski definition) is 1. The number of nitrogens with zero attached hydrogens (tertiary/aromatic N) is 1. The van der Waals surface area contributed by atoms with Gasteiger partial charge in [-0.2, -0.15) is 0 Å². The number of rotatable bonds is 3. The zero-order valence-corrected chi connectivity index (χ0v) is 12.6. The first-order valence-corrected chi connectivity index (χ1v) is 7.57. The molecule has 4 unspecified atom stereocenters. The Kier molecular flexibility index (Phi) is 4.51. The molecule has 2 rings (SSSR count). The van der Waals surface area contributed by atoms with Crippen LogP contribution in [0.1, 0.15) is 52.2 Å². The Morgan fingerprint density at radius 1 is 1.21 bits per heavy atom. The van der Waals surface area contributed by atoms with Crippen molar-refractivity contribution in [2.45, 2.75) is 52.7 Å². The van der Waals surface area contributed by atoms with Crippen molar-refractivity contribution in [3.05, 3.63) is 29.8 Å². The quantitative estimate of drug-likeness (QED) is 0.889. The molecule has 2 nitrogen and oxygen atoms in total. The van der Waals surface area contributed by atoms with Gasteiger partial charge in [0.05, 0.1) is 6.10 Å². The second-order valence-electron chi connectivity index (χ2n) is 6.23. The van der Waals surface area contributed by atoms with Gasteiger partial charge in [0.25, 0.3) is 0 Å². The van der Waals surface area contributed by atoms with E-state index in [4.69, 9.17) is 0 Å². The van der Waals surface area contributed by atoms with Crippen molar-refractivity contribution in [3.63, 3.8) is 0 Å². The first-order chi connectivity index (χ1) is 9.02. The van der Waals surface area contributed by atoms with E-state index in [1.165, 1.54) is 12.1 Å². The molecule has 1 N–H and O–H groups in total. The van der Waals surface area contributed by atoms with E-state index in [2.05, 4.69) is 49.9 Å². The van der Waals surface area contributed by atoms with Crippen molar-refractivity contribution in [2.75, 3.05) is 11.4 Å². The summed E-state index contributed by atoms with van der Waals surface area (Å²) in [5, 5.41) is 9.85. The van der Waals surface area contributed by atoms with Gasteiger partial charge in [-0.25, -0.2) is 0 Å². The SMILES string of the molecule is CCC(O)c1ccc(N2CC(C)CC(C)C2C)cc1. The first kappa shape index (κ1) is 14.4. The molecule has 0 spiro atoms. The van der Waals surface area contributed by atoms with Gasteiger partial charge in [-0.05, 0) is 49.3 Å². The summed E-state index contributed by atoms with van der Waals surface area (Å²) in [6, 6.07) is 9.06. The van der Waals surface area contributed by atoms with E-state index in [0.717, 1.165) is 30.4 Å². The molecule has 0 aromatic heterocycles. The third kappa shape index (κ3) is 3.11. The Labute approximate surface area is 117 Å². The molecule has 1 aromatic rings. The minimum absolute atomic E-state index is 0.328. The predicted octanol–water partition coefficient (Wildman–Crippen LogP) is 4.00. The maximum absolute atomic E-state index is 9.85. The molecular weight excluding hydrogens is 234 g/mol. The second kappa shape index (κ2) is 5.96. The molecule has 0 aliphatic carbocycles. The number of anilines is 1.